The fraction of sp³-hybridized carbons (Fsp3) is 0.350. The third kappa shape index (κ3) is 5.13. The zero-order valence-electron chi connectivity index (χ0n) is 14.8. The molecule has 0 aliphatic heterocycles. The van der Waals surface area contributed by atoms with Crippen molar-refractivity contribution >= 4 is 34.7 Å². The van der Waals surface area contributed by atoms with Gasteiger partial charge in [0.05, 0.1) is 10.7 Å². The van der Waals surface area contributed by atoms with E-state index in [1.54, 1.807) is 11.3 Å². The third-order valence-electron chi connectivity index (χ3n) is 4.20. The minimum Gasteiger partial charge on any atom is -0.336 e. The monoisotopic (exact) mass is 390 g/mol. The van der Waals surface area contributed by atoms with Crippen LogP contribution in [0.25, 0.3) is 0 Å². The van der Waals surface area contributed by atoms with Gasteiger partial charge in [-0.1, -0.05) is 29.3 Å². The number of imidazole rings is 1. The number of rotatable bonds is 7. The molecule has 0 aliphatic rings. The van der Waals surface area contributed by atoms with Crippen molar-refractivity contribution in [3.05, 3.63) is 68.9 Å². The van der Waals surface area contributed by atoms with E-state index in [4.69, 9.17) is 11.6 Å². The molecule has 2 heterocycles. The molecule has 0 amide bonds. The van der Waals surface area contributed by atoms with Gasteiger partial charge in [0.25, 0.3) is 0 Å². The van der Waals surface area contributed by atoms with Crippen LogP contribution in [-0.4, -0.2) is 14.8 Å². The van der Waals surface area contributed by atoms with Gasteiger partial charge in [0.2, 0.25) is 0 Å². The van der Waals surface area contributed by atoms with E-state index in [1.807, 2.05) is 36.5 Å². The van der Waals surface area contributed by atoms with E-state index < -0.39 is 0 Å². The Hall–Kier alpha value is -1.23. The van der Waals surface area contributed by atoms with Gasteiger partial charge in [-0.25, -0.2) is 4.98 Å². The molecule has 2 nitrogen and oxygen atoms in total. The molecule has 0 bridgehead atoms. The first-order valence-corrected chi connectivity index (χ1v) is 10.5. The summed E-state index contributed by atoms with van der Waals surface area (Å²) in [7, 11) is 0. The maximum atomic E-state index is 6.08. The summed E-state index contributed by atoms with van der Waals surface area (Å²) < 4.78 is 3.05. The number of benzene rings is 1. The van der Waals surface area contributed by atoms with Gasteiger partial charge in [0, 0.05) is 34.0 Å². The van der Waals surface area contributed by atoms with Gasteiger partial charge in [-0.3, -0.25) is 0 Å². The van der Waals surface area contributed by atoms with Crippen molar-refractivity contribution in [1.29, 1.82) is 0 Å². The van der Waals surface area contributed by atoms with Crippen molar-refractivity contribution in [1.82, 2.24) is 9.55 Å². The molecule has 0 saturated heterocycles. The second kappa shape index (κ2) is 8.43. The van der Waals surface area contributed by atoms with Crippen molar-refractivity contribution in [2.45, 2.75) is 50.3 Å². The highest BCUT2D eigenvalue weighted by molar-refractivity contribution is 8.00. The van der Waals surface area contributed by atoms with Gasteiger partial charge in [-0.15, -0.1) is 23.1 Å². The summed E-state index contributed by atoms with van der Waals surface area (Å²) in [6.45, 7) is 7.57. The zero-order valence-corrected chi connectivity index (χ0v) is 17.2. The Morgan fingerprint density at radius 3 is 2.56 bits per heavy atom. The molecule has 0 fully saturated rings. The standard InChI is InChI=1S/C20H23ClN2S2/c1-14-10-15(2)20(16(3)11-14)25-18(12-23-9-8-22-13-23)5-4-17-6-7-19(21)24-17/h6-11,13,18H,4-5,12H2,1-3H3. The molecule has 3 rings (SSSR count). The van der Waals surface area contributed by atoms with Crippen LogP contribution in [-0.2, 0) is 13.0 Å². The van der Waals surface area contributed by atoms with Crippen molar-refractivity contribution in [3.8, 4) is 0 Å². The minimum absolute atomic E-state index is 0.496. The summed E-state index contributed by atoms with van der Waals surface area (Å²) in [5.41, 5.74) is 4.08. The van der Waals surface area contributed by atoms with Crippen molar-refractivity contribution in [2.75, 3.05) is 0 Å². The summed E-state index contributed by atoms with van der Waals surface area (Å²) in [6, 6.07) is 8.70. The average Bonchev–Trinajstić information content (AvgIpc) is 3.19. The number of thiophene rings is 1. The SMILES string of the molecule is Cc1cc(C)c(SC(CCc2ccc(Cl)s2)Cn2ccnc2)c(C)c1. The highest BCUT2D eigenvalue weighted by Crippen LogP contribution is 2.34. The highest BCUT2D eigenvalue weighted by atomic mass is 35.5. The molecule has 0 saturated carbocycles. The van der Waals surface area contributed by atoms with E-state index in [1.165, 1.54) is 26.5 Å². The van der Waals surface area contributed by atoms with Gasteiger partial charge < -0.3 is 4.57 Å². The molecular formula is C20H23ClN2S2. The lowest BCUT2D eigenvalue weighted by atomic mass is 10.1. The molecule has 132 valence electrons. The fourth-order valence-corrected chi connectivity index (χ4v) is 5.53. The van der Waals surface area contributed by atoms with Crippen LogP contribution in [0.5, 0.6) is 0 Å². The van der Waals surface area contributed by atoms with Crippen LogP contribution in [0.2, 0.25) is 4.34 Å². The Morgan fingerprint density at radius 1 is 1.20 bits per heavy atom. The van der Waals surface area contributed by atoms with Crippen molar-refractivity contribution in [2.24, 2.45) is 0 Å². The quantitative estimate of drug-likeness (QED) is 0.439. The maximum absolute atomic E-state index is 6.08. The van der Waals surface area contributed by atoms with Crippen LogP contribution in [0.1, 0.15) is 28.0 Å². The summed E-state index contributed by atoms with van der Waals surface area (Å²) in [5, 5.41) is 0.496. The van der Waals surface area contributed by atoms with E-state index in [-0.39, 0.29) is 0 Å². The molecule has 2 aromatic heterocycles. The lowest BCUT2D eigenvalue weighted by Crippen LogP contribution is -2.13. The lowest BCUT2D eigenvalue weighted by molar-refractivity contribution is 0.626. The van der Waals surface area contributed by atoms with Gasteiger partial charge in [0.15, 0.2) is 0 Å². The summed E-state index contributed by atoms with van der Waals surface area (Å²) in [5.74, 6) is 0. The Balaban J connectivity index is 1.76. The molecule has 0 aliphatic carbocycles. The van der Waals surface area contributed by atoms with E-state index in [0.29, 0.717) is 5.25 Å². The number of nitrogens with zero attached hydrogens (tertiary/aromatic N) is 2. The lowest BCUT2D eigenvalue weighted by Gasteiger charge is -2.20. The Morgan fingerprint density at radius 2 is 1.96 bits per heavy atom. The van der Waals surface area contributed by atoms with Crippen molar-refractivity contribution in [3.63, 3.8) is 0 Å². The van der Waals surface area contributed by atoms with Crippen LogP contribution in [0, 0.1) is 20.8 Å². The second-order valence-corrected chi connectivity index (χ2v) is 9.58. The van der Waals surface area contributed by atoms with Crippen LogP contribution >= 0.6 is 34.7 Å². The fourth-order valence-electron chi connectivity index (χ4n) is 3.13. The first-order chi connectivity index (χ1) is 12.0. The van der Waals surface area contributed by atoms with E-state index in [2.05, 4.69) is 48.5 Å². The number of aromatic nitrogens is 2. The Kier molecular flexibility index (Phi) is 6.26. The zero-order chi connectivity index (χ0) is 17.8. The number of thioether (sulfide) groups is 1. The summed E-state index contributed by atoms with van der Waals surface area (Å²) in [6.07, 6.45) is 7.98. The molecule has 1 atom stereocenters. The first-order valence-electron chi connectivity index (χ1n) is 8.45. The summed E-state index contributed by atoms with van der Waals surface area (Å²) in [4.78, 5) is 6.97. The van der Waals surface area contributed by atoms with E-state index >= 15 is 0 Å². The Bertz CT molecular complexity index is 801. The van der Waals surface area contributed by atoms with Gasteiger partial charge >= 0.3 is 0 Å². The molecule has 1 aromatic carbocycles. The topological polar surface area (TPSA) is 17.8 Å². The van der Waals surface area contributed by atoms with Crippen LogP contribution < -0.4 is 0 Å². The van der Waals surface area contributed by atoms with Gasteiger partial charge in [0.1, 0.15) is 0 Å². The highest BCUT2D eigenvalue weighted by Gasteiger charge is 2.15. The largest absolute Gasteiger partial charge is 0.336 e. The van der Waals surface area contributed by atoms with Crippen LogP contribution in [0.15, 0.2) is 47.9 Å². The number of hydrogen-bond acceptors (Lipinski definition) is 3. The van der Waals surface area contributed by atoms with Crippen LogP contribution in [0.4, 0.5) is 0 Å². The maximum Gasteiger partial charge on any atom is 0.0946 e. The summed E-state index contributed by atoms with van der Waals surface area (Å²) >= 11 is 9.77. The first kappa shape index (κ1) is 18.6. The average molecular weight is 391 g/mol. The predicted molar refractivity (Wildman–Crippen MR) is 110 cm³/mol. The molecule has 1 unspecified atom stereocenters. The van der Waals surface area contributed by atoms with E-state index in [0.717, 1.165) is 23.7 Å². The van der Waals surface area contributed by atoms with Gasteiger partial charge in [-0.05, 0) is 56.9 Å². The molecule has 3 aromatic rings. The van der Waals surface area contributed by atoms with Crippen LogP contribution in [0.3, 0.4) is 0 Å². The van der Waals surface area contributed by atoms with Gasteiger partial charge in [-0.2, -0.15) is 0 Å². The third-order valence-corrected chi connectivity index (χ3v) is 7.09. The minimum atomic E-state index is 0.496. The molecule has 0 radical (unpaired) electrons. The van der Waals surface area contributed by atoms with Crippen molar-refractivity contribution < 1.29 is 0 Å². The number of hydrogen-bond donors (Lipinski definition) is 0. The second-order valence-electron chi connectivity index (χ2n) is 6.47. The Labute approximate surface area is 163 Å². The smallest absolute Gasteiger partial charge is 0.0946 e. The number of aryl methyl sites for hydroxylation is 4. The normalized spacial score (nSPS) is 12.5. The predicted octanol–water partition coefficient (Wildman–Crippen LogP) is 6.32. The molecule has 0 spiro atoms. The molecule has 0 N–H and O–H groups in total. The molecule has 25 heavy (non-hydrogen) atoms. The molecular weight excluding hydrogens is 368 g/mol. The van der Waals surface area contributed by atoms with E-state index in [9.17, 15) is 0 Å². The number of halogens is 1. The molecule has 5 heteroatoms.